The minimum Gasteiger partial charge on any atom is -0.309 e. The highest BCUT2D eigenvalue weighted by molar-refractivity contribution is 6.20. The summed E-state index contributed by atoms with van der Waals surface area (Å²) in [7, 11) is 0. The van der Waals surface area contributed by atoms with Crippen molar-refractivity contribution in [3.05, 3.63) is 194 Å². The van der Waals surface area contributed by atoms with Crippen LogP contribution in [0.3, 0.4) is 0 Å². The molecule has 6 nitrogen and oxygen atoms in total. The van der Waals surface area contributed by atoms with Gasteiger partial charge in [-0.05, 0) is 108 Å². The monoisotopic (exact) mass is 716 g/mol. The van der Waals surface area contributed by atoms with Gasteiger partial charge in [-0.1, -0.05) is 84.9 Å². The number of para-hydroxylation sites is 4. The van der Waals surface area contributed by atoms with Crippen LogP contribution in [-0.4, -0.2) is 28.7 Å². The molecule has 56 heavy (non-hydrogen) atoms. The van der Waals surface area contributed by atoms with Crippen LogP contribution in [0.1, 0.15) is 0 Å². The van der Waals surface area contributed by atoms with E-state index in [4.69, 9.17) is 10.2 Å². The molecule has 0 N–H and O–H groups in total. The van der Waals surface area contributed by atoms with Crippen LogP contribution in [0.15, 0.2) is 194 Å². The number of fused-ring (bicyclic) bond motifs is 10. The maximum atomic E-state index is 4.90. The van der Waals surface area contributed by atoms with Crippen LogP contribution in [0.4, 0.5) is 0 Å². The molecule has 4 heterocycles. The van der Waals surface area contributed by atoms with E-state index in [1.807, 2.05) is 33.9 Å². The van der Waals surface area contributed by atoms with E-state index in [1.165, 1.54) is 32.7 Å². The van der Waals surface area contributed by atoms with Gasteiger partial charge in [0.15, 0.2) is 0 Å². The molecule has 8 aromatic carbocycles. The second kappa shape index (κ2) is 11.9. The Labute approximate surface area is 321 Å². The lowest BCUT2D eigenvalue weighted by molar-refractivity contribution is 0.911. The Morgan fingerprint density at radius 1 is 0.286 bits per heavy atom. The molecule has 0 aliphatic carbocycles. The molecule has 0 fully saturated rings. The van der Waals surface area contributed by atoms with Crippen LogP contribution in [0.2, 0.25) is 0 Å². The highest BCUT2D eigenvalue weighted by Crippen LogP contribution is 2.42. The number of benzene rings is 8. The summed E-state index contributed by atoms with van der Waals surface area (Å²) < 4.78 is 8.86. The summed E-state index contributed by atoms with van der Waals surface area (Å²) in [6, 6.07) is 64.8. The van der Waals surface area contributed by atoms with Crippen molar-refractivity contribution in [3.63, 3.8) is 0 Å². The molecule has 0 radical (unpaired) electrons. The first kappa shape index (κ1) is 30.7. The normalized spacial score (nSPS) is 11.9. The van der Waals surface area contributed by atoms with Crippen molar-refractivity contribution in [2.24, 2.45) is 0 Å². The molecule has 4 aromatic heterocycles. The van der Waals surface area contributed by atoms with Crippen LogP contribution in [-0.2, 0) is 0 Å². The zero-order valence-corrected chi connectivity index (χ0v) is 30.2. The third-order valence-corrected chi connectivity index (χ3v) is 11.3. The number of rotatable bonds is 5. The van der Waals surface area contributed by atoms with E-state index in [-0.39, 0.29) is 0 Å². The zero-order chi connectivity index (χ0) is 36.7. The van der Waals surface area contributed by atoms with E-state index in [0.717, 1.165) is 66.6 Å². The fraction of sp³-hybridized carbons (Fsp3) is 0. The molecule has 262 valence electrons. The molecule has 0 unspecified atom stereocenters. The summed E-state index contributed by atoms with van der Waals surface area (Å²) in [5.41, 5.74) is 13.5. The molecular weight excluding hydrogens is 685 g/mol. The van der Waals surface area contributed by atoms with Gasteiger partial charge in [0.25, 0.3) is 0 Å². The maximum absolute atomic E-state index is 4.90. The largest absolute Gasteiger partial charge is 0.309 e. The molecule has 0 saturated carbocycles. The Bertz CT molecular complexity index is 3210. The van der Waals surface area contributed by atoms with Gasteiger partial charge in [-0.3, -0.25) is 0 Å². The van der Waals surface area contributed by atoms with E-state index in [1.54, 1.807) is 0 Å². The Kier molecular flexibility index (Phi) is 6.53. The van der Waals surface area contributed by atoms with E-state index in [9.17, 15) is 0 Å². The van der Waals surface area contributed by atoms with Crippen LogP contribution in [0.5, 0.6) is 0 Å². The third kappa shape index (κ3) is 4.44. The summed E-state index contributed by atoms with van der Waals surface area (Å²) in [5.74, 6) is 0. The Morgan fingerprint density at radius 3 is 1.04 bits per heavy atom. The van der Waals surface area contributed by atoms with Gasteiger partial charge in [-0.2, -0.15) is 10.2 Å². The van der Waals surface area contributed by atoms with Gasteiger partial charge >= 0.3 is 0 Å². The second-order valence-electron chi connectivity index (χ2n) is 14.4. The minimum absolute atomic E-state index is 1.04. The van der Waals surface area contributed by atoms with Crippen LogP contribution in [0, 0.1) is 0 Å². The number of nitrogens with zero attached hydrogens (tertiary/aromatic N) is 6. The predicted octanol–water partition coefficient (Wildman–Crippen LogP) is 12.2. The third-order valence-electron chi connectivity index (χ3n) is 11.3. The molecule has 6 heteroatoms. The first-order chi connectivity index (χ1) is 27.8. The summed E-state index contributed by atoms with van der Waals surface area (Å²) in [6.45, 7) is 0. The van der Waals surface area contributed by atoms with Gasteiger partial charge in [0.1, 0.15) is 0 Å². The van der Waals surface area contributed by atoms with Crippen LogP contribution in [0.25, 0.3) is 99.3 Å². The molecule has 0 amide bonds. The van der Waals surface area contributed by atoms with E-state index >= 15 is 0 Å². The van der Waals surface area contributed by atoms with Gasteiger partial charge in [-0.15, -0.1) is 0 Å². The molecule has 0 saturated heterocycles. The van der Waals surface area contributed by atoms with Crippen molar-refractivity contribution in [2.45, 2.75) is 0 Å². The van der Waals surface area contributed by atoms with Crippen molar-refractivity contribution in [2.75, 3.05) is 0 Å². The topological polar surface area (TPSA) is 45.5 Å². The average molecular weight is 717 g/mol. The lowest BCUT2D eigenvalue weighted by Gasteiger charge is -2.10. The fourth-order valence-corrected chi connectivity index (χ4v) is 8.82. The molecule has 0 atom stereocenters. The summed E-state index contributed by atoms with van der Waals surface area (Å²) in [4.78, 5) is 0. The number of hydrogen-bond donors (Lipinski definition) is 0. The van der Waals surface area contributed by atoms with Crippen molar-refractivity contribution in [3.8, 4) is 33.9 Å². The highest BCUT2D eigenvalue weighted by atomic mass is 15.3. The summed E-state index contributed by atoms with van der Waals surface area (Å²) in [6.07, 6.45) is 4.03. The molecule has 0 spiro atoms. The van der Waals surface area contributed by atoms with Gasteiger partial charge in [0.2, 0.25) is 0 Å². The molecular formula is C50H32N6. The predicted molar refractivity (Wildman–Crippen MR) is 230 cm³/mol. The Balaban J connectivity index is 1.09. The first-order valence-electron chi connectivity index (χ1n) is 18.9. The lowest BCUT2D eigenvalue weighted by atomic mass is 10.00. The minimum atomic E-state index is 1.04. The summed E-state index contributed by atoms with van der Waals surface area (Å²) in [5, 5.41) is 16.8. The standard InChI is InChI=1S/C50H32N6/c1-5-13-35(14-6-1)53-45-25-21-33(29-41(45)39-23-27-47-43(49(39)53)31-51-55(47)37-17-9-3-10-18-37)34-22-26-46-42(30-34)40-24-28-48-44(32-52-56(48)38-19-11-4-12-20-38)50(40)54(46)36-15-7-2-8-16-36/h1-32H. The molecule has 12 rings (SSSR count). The van der Waals surface area contributed by atoms with E-state index < -0.39 is 0 Å². The Morgan fingerprint density at radius 2 is 0.643 bits per heavy atom. The van der Waals surface area contributed by atoms with Crippen molar-refractivity contribution >= 4 is 65.4 Å². The quantitative estimate of drug-likeness (QED) is 0.178. The van der Waals surface area contributed by atoms with Gasteiger partial charge in [0, 0.05) is 43.7 Å². The first-order valence-corrected chi connectivity index (χ1v) is 18.9. The zero-order valence-electron chi connectivity index (χ0n) is 30.2. The maximum Gasteiger partial charge on any atom is 0.0762 e. The van der Waals surface area contributed by atoms with Gasteiger partial charge in [-0.25, -0.2) is 9.36 Å². The van der Waals surface area contributed by atoms with Gasteiger partial charge in [0.05, 0.1) is 56.9 Å². The second-order valence-corrected chi connectivity index (χ2v) is 14.4. The smallest absolute Gasteiger partial charge is 0.0762 e. The van der Waals surface area contributed by atoms with Crippen molar-refractivity contribution in [1.82, 2.24) is 28.7 Å². The van der Waals surface area contributed by atoms with E-state index in [0.29, 0.717) is 0 Å². The fourth-order valence-electron chi connectivity index (χ4n) is 8.82. The highest BCUT2D eigenvalue weighted by Gasteiger charge is 2.21. The van der Waals surface area contributed by atoms with Crippen LogP contribution < -0.4 is 0 Å². The number of hydrogen-bond acceptors (Lipinski definition) is 2. The molecule has 0 aliphatic rings. The average Bonchev–Trinajstić information content (AvgIpc) is 4.05. The molecule has 0 bridgehead atoms. The van der Waals surface area contributed by atoms with Gasteiger partial charge < -0.3 is 9.13 Å². The molecule has 0 aliphatic heterocycles. The summed E-state index contributed by atoms with van der Waals surface area (Å²) >= 11 is 0. The van der Waals surface area contributed by atoms with Crippen molar-refractivity contribution in [1.29, 1.82) is 0 Å². The number of aromatic nitrogens is 6. The van der Waals surface area contributed by atoms with Crippen molar-refractivity contribution < 1.29 is 0 Å². The Hall–Kier alpha value is -7.70. The van der Waals surface area contributed by atoms with Crippen LogP contribution >= 0.6 is 0 Å². The SMILES string of the molecule is c1ccc(-n2ncc3c2ccc2c4cc(-c5ccc6c(c5)c5ccc7c(cnn7-c7ccccc7)c5n6-c5ccccc5)ccc4n(-c4ccccc4)c23)cc1. The lowest BCUT2D eigenvalue weighted by Crippen LogP contribution is -1.96. The van der Waals surface area contributed by atoms with E-state index in [2.05, 4.69) is 179 Å². The molecule has 12 aromatic rings.